The molecular weight excluding hydrogens is 421 g/mol. The lowest BCUT2D eigenvalue weighted by molar-refractivity contribution is 0.135. The molecule has 2 aliphatic heterocycles. The number of para-hydroxylation sites is 1. The van der Waals surface area contributed by atoms with Crippen LogP contribution < -0.4 is 4.90 Å². The van der Waals surface area contributed by atoms with E-state index in [9.17, 15) is 26.4 Å². The van der Waals surface area contributed by atoms with Crippen molar-refractivity contribution in [3.05, 3.63) is 59.2 Å². The van der Waals surface area contributed by atoms with Crippen LogP contribution in [-0.4, -0.2) is 37.9 Å². The standard InChI is InChI=1S/C20H19F3N2O4S/c21-11-13-3-1-4-14-12-29-20(26)25(18(13)14)15-7-9-24(10-8-15)30(27,28)19-16(22)5-2-6-17(19)23/h1-6,15H,7-12H2. The Morgan fingerprint density at radius 2 is 1.67 bits per heavy atom. The van der Waals surface area contributed by atoms with Crippen LogP contribution in [0.1, 0.15) is 24.0 Å². The van der Waals surface area contributed by atoms with Gasteiger partial charge in [-0.2, -0.15) is 4.31 Å². The number of fused-ring (bicyclic) bond motifs is 1. The number of piperidine rings is 1. The average molecular weight is 440 g/mol. The van der Waals surface area contributed by atoms with Crippen molar-refractivity contribution < 1.29 is 31.1 Å². The summed E-state index contributed by atoms with van der Waals surface area (Å²) < 4.78 is 73.3. The molecule has 30 heavy (non-hydrogen) atoms. The summed E-state index contributed by atoms with van der Waals surface area (Å²) >= 11 is 0. The quantitative estimate of drug-likeness (QED) is 0.727. The van der Waals surface area contributed by atoms with E-state index >= 15 is 0 Å². The number of halogens is 3. The third kappa shape index (κ3) is 3.43. The van der Waals surface area contributed by atoms with Gasteiger partial charge in [0.1, 0.15) is 24.9 Å². The number of carbonyl (C=O) groups is 1. The van der Waals surface area contributed by atoms with Gasteiger partial charge in [-0.3, -0.25) is 4.90 Å². The molecule has 0 bridgehead atoms. The van der Waals surface area contributed by atoms with Crippen molar-refractivity contribution in [2.24, 2.45) is 0 Å². The van der Waals surface area contributed by atoms with Crippen molar-refractivity contribution >= 4 is 21.8 Å². The molecule has 0 atom stereocenters. The van der Waals surface area contributed by atoms with Gasteiger partial charge in [0, 0.05) is 30.3 Å². The number of anilines is 1. The van der Waals surface area contributed by atoms with E-state index in [4.69, 9.17) is 4.74 Å². The molecule has 160 valence electrons. The minimum absolute atomic E-state index is 0.0400. The molecule has 2 heterocycles. The zero-order chi connectivity index (χ0) is 21.5. The molecule has 10 heteroatoms. The van der Waals surface area contributed by atoms with E-state index in [1.54, 1.807) is 18.2 Å². The highest BCUT2D eigenvalue weighted by atomic mass is 32.2. The molecule has 1 amide bonds. The molecule has 0 radical (unpaired) electrons. The number of sulfonamides is 1. The number of carbonyl (C=O) groups excluding carboxylic acids is 1. The number of alkyl halides is 1. The van der Waals surface area contributed by atoms with Gasteiger partial charge in [0.05, 0.1) is 5.69 Å². The van der Waals surface area contributed by atoms with Crippen LogP contribution in [0.5, 0.6) is 0 Å². The van der Waals surface area contributed by atoms with Crippen molar-refractivity contribution in [2.75, 3.05) is 18.0 Å². The summed E-state index contributed by atoms with van der Waals surface area (Å²) in [6, 6.07) is 7.46. The fraction of sp³-hybridized carbons (Fsp3) is 0.350. The summed E-state index contributed by atoms with van der Waals surface area (Å²) in [6.45, 7) is -0.805. The normalized spacial score (nSPS) is 18.2. The Morgan fingerprint density at radius 3 is 2.30 bits per heavy atom. The van der Waals surface area contributed by atoms with E-state index in [-0.39, 0.29) is 32.5 Å². The van der Waals surface area contributed by atoms with Gasteiger partial charge in [0.15, 0.2) is 4.90 Å². The minimum Gasteiger partial charge on any atom is -0.444 e. The van der Waals surface area contributed by atoms with Crippen LogP contribution in [0.2, 0.25) is 0 Å². The number of amides is 1. The van der Waals surface area contributed by atoms with Gasteiger partial charge >= 0.3 is 6.09 Å². The molecule has 2 aliphatic rings. The predicted octanol–water partition coefficient (Wildman–Crippen LogP) is 3.74. The van der Waals surface area contributed by atoms with Crippen molar-refractivity contribution in [1.29, 1.82) is 0 Å². The van der Waals surface area contributed by atoms with E-state index in [1.807, 2.05) is 0 Å². The topological polar surface area (TPSA) is 66.9 Å². The number of hydrogen-bond donors (Lipinski definition) is 0. The molecule has 2 aromatic rings. The first-order chi connectivity index (χ1) is 14.3. The van der Waals surface area contributed by atoms with Gasteiger partial charge in [-0.25, -0.2) is 26.4 Å². The number of hydrogen-bond acceptors (Lipinski definition) is 4. The highest BCUT2D eigenvalue weighted by Crippen LogP contribution is 2.36. The number of nitrogens with zero attached hydrogens (tertiary/aromatic N) is 2. The fourth-order valence-electron chi connectivity index (χ4n) is 4.01. The molecular formula is C20H19F3N2O4S. The Morgan fingerprint density at radius 1 is 1.03 bits per heavy atom. The Balaban J connectivity index is 1.58. The molecule has 2 aromatic carbocycles. The largest absolute Gasteiger partial charge is 0.444 e. The third-order valence-electron chi connectivity index (χ3n) is 5.44. The average Bonchev–Trinajstić information content (AvgIpc) is 2.73. The molecule has 0 saturated carbocycles. The Hall–Kier alpha value is -2.59. The SMILES string of the molecule is O=C1OCc2cccc(CF)c2N1C1CCN(S(=O)(=O)c2c(F)cccc2F)CC1. The van der Waals surface area contributed by atoms with Crippen molar-refractivity contribution in [3.63, 3.8) is 0 Å². The lowest BCUT2D eigenvalue weighted by Crippen LogP contribution is -2.51. The van der Waals surface area contributed by atoms with E-state index < -0.39 is 45.4 Å². The first kappa shape index (κ1) is 20.7. The summed E-state index contributed by atoms with van der Waals surface area (Å²) in [5.74, 6) is -2.31. The third-order valence-corrected chi connectivity index (χ3v) is 7.39. The Labute approximate surface area is 171 Å². The van der Waals surface area contributed by atoms with Crippen molar-refractivity contribution in [3.8, 4) is 0 Å². The lowest BCUT2D eigenvalue weighted by Gasteiger charge is -2.40. The molecule has 1 saturated heterocycles. The Bertz CT molecular complexity index is 1050. The molecule has 0 aliphatic carbocycles. The van der Waals surface area contributed by atoms with Crippen LogP contribution in [0, 0.1) is 11.6 Å². The van der Waals surface area contributed by atoms with Crippen LogP contribution in [0.3, 0.4) is 0 Å². The second-order valence-corrected chi connectivity index (χ2v) is 9.04. The summed E-state index contributed by atoms with van der Waals surface area (Å²) in [6.07, 6.45) is -0.195. The minimum atomic E-state index is -4.38. The van der Waals surface area contributed by atoms with Crippen molar-refractivity contribution in [1.82, 2.24) is 4.31 Å². The van der Waals surface area contributed by atoms with Crippen LogP contribution in [0.15, 0.2) is 41.3 Å². The molecule has 4 rings (SSSR count). The van der Waals surface area contributed by atoms with Crippen LogP contribution >= 0.6 is 0 Å². The lowest BCUT2D eigenvalue weighted by atomic mass is 9.99. The van der Waals surface area contributed by atoms with Gasteiger partial charge in [-0.05, 0) is 25.0 Å². The van der Waals surface area contributed by atoms with Crippen molar-refractivity contribution in [2.45, 2.75) is 37.1 Å². The smallest absolute Gasteiger partial charge is 0.414 e. The summed E-state index contributed by atoms with van der Waals surface area (Å²) in [5, 5.41) is 0. The first-order valence-electron chi connectivity index (χ1n) is 9.41. The highest BCUT2D eigenvalue weighted by molar-refractivity contribution is 7.89. The van der Waals surface area contributed by atoms with Crippen LogP contribution in [0.25, 0.3) is 0 Å². The maximum atomic E-state index is 14.0. The van der Waals surface area contributed by atoms with Gasteiger partial charge in [-0.15, -0.1) is 0 Å². The monoisotopic (exact) mass is 440 g/mol. The Kier molecular flexibility index (Phi) is 5.46. The second kappa shape index (κ2) is 7.92. The van der Waals surface area contributed by atoms with E-state index in [0.717, 1.165) is 22.5 Å². The molecule has 0 spiro atoms. The second-order valence-electron chi connectivity index (χ2n) is 7.17. The summed E-state index contributed by atoms with van der Waals surface area (Å²) in [5.41, 5.74) is 1.48. The summed E-state index contributed by atoms with van der Waals surface area (Å²) in [7, 11) is -4.38. The number of benzene rings is 2. The predicted molar refractivity (Wildman–Crippen MR) is 102 cm³/mol. The molecule has 1 fully saturated rings. The molecule has 6 nitrogen and oxygen atoms in total. The number of ether oxygens (including phenoxy) is 1. The molecule has 0 aromatic heterocycles. The number of cyclic esters (lactones) is 1. The van der Waals surface area contributed by atoms with Gasteiger partial charge in [-0.1, -0.05) is 24.3 Å². The maximum Gasteiger partial charge on any atom is 0.414 e. The fourth-order valence-corrected chi connectivity index (χ4v) is 5.59. The van der Waals surface area contributed by atoms with E-state index in [0.29, 0.717) is 16.8 Å². The zero-order valence-electron chi connectivity index (χ0n) is 15.9. The van der Waals surface area contributed by atoms with E-state index in [2.05, 4.69) is 0 Å². The summed E-state index contributed by atoms with van der Waals surface area (Å²) in [4.78, 5) is 12.9. The van der Waals surface area contributed by atoms with Gasteiger partial charge in [0.25, 0.3) is 0 Å². The van der Waals surface area contributed by atoms with E-state index in [1.165, 1.54) is 4.90 Å². The maximum absolute atomic E-state index is 14.0. The van der Waals surface area contributed by atoms with Gasteiger partial charge in [0.2, 0.25) is 10.0 Å². The number of rotatable bonds is 4. The zero-order valence-corrected chi connectivity index (χ0v) is 16.7. The molecule has 0 unspecified atom stereocenters. The van der Waals surface area contributed by atoms with Crippen LogP contribution in [0.4, 0.5) is 23.7 Å². The molecule has 0 N–H and O–H groups in total. The first-order valence-corrected chi connectivity index (χ1v) is 10.9. The highest BCUT2D eigenvalue weighted by Gasteiger charge is 2.39. The van der Waals surface area contributed by atoms with Gasteiger partial charge < -0.3 is 4.74 Å². The van der Waals surface area contributed by atoms with Crippen LogP contribution in [-0.2, 0) is 28.0 Å².